The van der Waals surface area contributed by atoms with Gasteiger partial charge in [-0.05, 0) is 42.4 Å². The second kappa shape index (κ2) is 15.7. The molecule has 0 aliphatic heterocycles. The minimum absolute atomic E-state index is 0. The summed E-state index contributed by atoms with van der Waals surface area (Å²) >= 11 is 0. The summed E-state index contributed by atoms with van der Waals surface area (Å²) in [4.78, 5) is -0.652. The SMILES string of the molecule is CCCCCCCCCCCCCc1ccc(S(=O)(=O)O)c([O-])c1Oc1ccccc1.[Na+]. The van der Waals surface area contributed by atoms with Crippen LogP contribution in [0.4, 0.5) is 0 Å². The average molecular weight is 471 g/mol. The van der Waals surface area contributed by atoms with E-state index in [1.807, 2.05) is 6.07 Å². The molecule has 0 aliphatic carbocycles. The Morgan fingerprint density at radius 1 is 0.812 bits per heavy atom. The zero-order chi connectivity index (χ0) is 22.5. The number of hydrogen-bond donors (Lipinski definition) is 1. The molecule has 7 heteroatoms. The van der Waals surface area contributed by atoms with Crippen LogP contribution in [-0.4, -0.2) is 13.0 Å². The average Bonchev–Trinajstić information content (AvgIpc) is 2.74. The predicted molar refractivity (Wildman–Crippen MR) is 122 cm³/mol. The molecule has 0 saturated carbocycles. The van der Waals surface area contributed by atoms with Gasteiger partial charge in [-0.15, -0.1) is 0 Å². The van der Waals surface area contributed by atoms with Crippen LogP contribution in [0.25, 0.3) is 0 Å². The Kier molecular flexibility index (Phi) is 14.2. The third-order valence-corrected chi connectivity index (χ3v) is 6.33. The summed E-state index contributed by atoms with van der Waals surface area (Å²) in [7, 11) is -4.60. The molecule has 0 aromatic heterocycles. The fourth-order valence-corrected chi connectivity index (χ4v) is 4.25. The molecule has 2 aromatic rings. The van der Waals surface area contributed by atoms with Crippen LogP contribution >= 0.6 is 0 Å². The number of rotatable bonds is 15. The summed E-state index contributed by atoms with van der Waals surface area (Å²) in [5.74, 6) is -0.368. The third kappa shape index (κ3) is 10.3. The van der Waals surface area contributed by atoms with Gasteiger partial charge in [0.15, 0.2) is 0 Å². The van der Waals surface area contributed by atoms with Crippen LogP contribution in [0.5, 0.6) is 17.2 Å². The van der Waals surface area contributed by atoms with E-state index in [2.05, 4.69) is 6.92 Å². The van der Waals surface area contributed by atoms with Crippen LogP contribution in [-0.2, 0) is 16.5 Å². The molecule has 172 valence electrons. The van der Waals surface area contributed by atoms with Gasteiger partial charge in [-0.1, -0.05) is 95.4 Å². The van der Waals surface area contributed by atoms with Crippen molar-refractivity contribution in [2.75, 3.05) is 0 Å². The summed E-state index contributed by atoms with van der Waals surface area (Å²) in [5, 5.41) is 12.7. The van der Waals surface area contributed by atoms with Crippen molar-refractivity contribution in [3.63, 3.8) is 0 Å². The molecule has 5 nitrogen and oxygen atoms in total. The smallest absolute Gasteiger partial charge is 0.869 e. The summed E-state index contributed by atoms with van der Waals surface area (Å²) in [6, 6.07) is 11.5. The molecular formula is C25H35NaO5S. The largest absolute Gasteiger partial charge is 1.00 e. The normalized spacial score (nSPS) is 11.2. The maximum atomic E-state index is 12.7. The van der Waals surface area contributed by atoms with Gasteiger partial charge in [-0.25, -0.2) is 0 Å². The Labute approximate surface area is 215 Å². The zero-order valence-corrected chi connectivity index (χ0v) is 22.3. The first kappa shape index (κ1) is 29.0. The van der Waals surface area contributed by atoms with E-state index in [4.69, 9.17) is 4.74 Å². The standard InChI is InChI=1S/C25H36O5S.Na/c1-2-3-4-5-6-7-8-9-10-11-13-16-21-19-20-23(31(27,28)29)24(26)25(21)30-22-17-14-12-15-18-22;/h12,14-15,17-20,26H,2-11,13,16H2,1H3,(H,27,28,29);/q;+1/p-1. The monoisotopic (exact) mass is 470 g/mol. The molecule has 0 fully saturated rings. The van der Waals surface area contributed by atoms with Crippen LogP contribution < -0.4 is 39.4 Å². The topological polar surface area (TPSA) is 86.7 Å². The minimum atomic E-state index is -4.60. The van der Waals surface area contributed by atoms with Crippen LogP contribution in [0.15, 0.2) is 47.4 Å². The Hall–Kier alpha value is -1.05. The second-order valence-corrected chi connectivity index (χ2v) is 9.45. The first-order valence-electron chi connectivity index (χ1n) is 11.5. The molecule has 0 amide bonds. The molecule has 0 spiro atoms. The predicted octanol–water partition coefficient (Wildman–Crippen LogP) is 3.66. The van der Waals surface area contributed by atoms with Crippen molar-refractivity contribution in [3.8, 4) is 17.2 Å². The van der Waals surface area contributed by atoms with Crippen molar-refractivity contribution in [1.82, 2.24) is 0 Å². The molecule has 1 N–H and O–H groups in total. The number of aryl methyl sites for hydroxylation is 1. The molecule has 0 heterocycles. The third-order valence-electron chi connectivity index (χ3n) is 5.45. The number of unbranched alkanes of at least 4 members (excludes halogenated alkanes) is 10. The van der Waals surface area contributed by atoms with Crippen molar-refractivity contribution < 1.29 is 52.4 Å². The van der Waals surface area contributed by atoms with Crippen LogP contribution in [0.3, 0.4) is 0 Å². The fourth-order valence-electron chi connectivity index (χ4n) is 3.68. The van der Waals surface area contributed by atoms with Crippen LogP contribution in [0, 0.1) is 0 Å². The number of hydrogen-bond acceptors (Lipinski definition) is 4. The van der Waals surface area contributed by atoms with Gasteiger partial charge in [0.25, 0.3) is 10.1 Å². The van der Waals surface area contributed by atoms with E-state index in [1.165, 1.54) is 57.4 Å². The van der Waals surface area contributed by atoms with E-state index >= 15 is 0 Å². The van der Waals surface area contributed by atoms with E-state index in [0.717, 1.165) is 19.3 Å². The van der Waals surface area contributed by atoms with E-state index in [0.29, 0.717) is 17.7 Å². The second-order valence-electron chi connectivity index (χ2n) is 8.06. The number of para-hydroxylation sites is 1. The van der Waals surface area contributed by atoms with Crippen molar-refractivity contribution in [2.24, 2.45) is 0 Å². The molecule has 32 heavy (non-hydrogen) atoms. The van der Waals surface area contributed by atoms with Gasteiger partial charge >= 0.3 is 29.6 Å². The van der Waals surface area contributed by atoms with Gasteiger partial charge in [0.1, 0.15) is 11.5 Å². The Balaban J connectivity index is 0.00000512. The fraction of sp³-hybridized carbons (Fsp3) is 0.520. The first-order chi connectivity index (χ1) is 14.9. The van der Waals surface area contributed by atoms with Gasteiger partial charge in [-0.2, -0.15) is 8.42 Å². The molecular weight excluding hydrogens is 435 g/mol. The van der Waals surface area contributed by atoms with Gasteiger partial charge in [0.05, 0.1) is 4.90 Å². The van der Waals surface area contributed by atoms with E-state index < -0.39 is 20.8 Å². The van der Waals surface area contributed by atoms with Gasteiger partial charge in [-0.3, -0.25) is 4.55 Å². The van der Waals surface area contributed by atoms with Crippen LogP contribution in [0.1, 0.15) is 83.1 Å². The molecule has 0 saturated heterocycles. The maximum absolute atomic E-state index is 12.7. The first-order valence-corrected chi connectivity index (χ1v) is 12.9. The Morgan fingerprint density at radius 2 is 1.34 bits per heavy atom. The summed E-state index contributed by atoms with van der Waals surface area (Å²) in [5.41, 5.74) is 0.664. The summed E-state index contributed by atoms with van der Waals surface area (Å²) < 4.78 is 38.1. The van der Waals surface area contributed by atoms with E-state index in [1.54, 1.807) is 30.3 Å². The Bertz CT molecular complexity index is 885. The Morgan fingerprint density at radius 3 is 1.88 bits per heavy atom. The molecule has 0 bridgehead atoms. The van der Waals surface area contributed by atoms with E-state index in [-0.39, 0.29) is 35.3 Å². The molecule has 0 unspecified atom stereocenters. The van der Waals surface area contributed by atoms with Gasteiger partial charge in [0.2, 0.25) is 0 Å². The maximum Gasteiger partial charge on any atom is 1.00 e. The van der Waals surface area contributed by atoms with Crippen molar-refractivity contribution in [2.45, 2.75) is 88.9 Å². The molecule has 2 aromatic carbocycles. The summed E-state index contributed by atoms with van der Waals surface area (Å²) in [6.07, 6.45) is 14.1. The van der Waals surface area contributed by atoms with Crippen molar-refractivity contribution in [3.05, 3.63) is 48.0 Å². The zero-order valence-electron chi connectivity index (χ0n) is 19.5. The minimum Gasteiger partial charge on any atom is -0.869 e. The quantitative estimate of drug-likeness (QED) is 0.244. The van der Waals surface area contributed by atoms with Crippen LogP contribution in [0.2, 0.25) is 0 Å². The molecule has 0 aliphatic rings. The van der Waals surface area contributed by atoms with Gasteiger partial charge < -0.3 is 9.84 Å². The van der Waals surface area contributed by atoms with E-state index in [9.17, 15) is 18.1 Å². The summed E-state index contributed by atoms with van der Waals surface area (Å²) in [6.45, 7) is 2.23. The number of benzene rings is 2. The number of ether oxygens (including phenoxy) is 1. The van der Waals surface area contributed by atoms with Crippen molar-refractivity contribution >= 4 is 10.1 Å². The molecule has 0 atom stereocenters. The van der Waals surface area contributed by atoms with Crippen molar-refractivity contribution in [1.29, 1.82) is 0 Å². The molecule has 0 radical (unpaired) electrons. The molecule has 2 rings (SSSR count). The van der Waals surface area contributed by atoms with Gasteiger partial charge in [0, 0.05) is 0 Å².